The first-order valence-corrected chi connectivity index (χ1v) is 8.03. The number of hydrogen-bond donors (Lipinski definition) is 4. The van der Waals surface area contributed by atoms with Crippen LogP contribution in [0.1, 0.15) is 13.3 Å². The highest BCUT2D eigenvalue weighted by Crippen LogP contribution is 2.37. The monoisotopic (exact) mass is 300 g/mol. The van der Waals surface area contributed by atoms with Crippen LogP contribution in [0.4, 0.5) is 0 Å². The number of carbonyl (C=O) groups excluding carboxylic acids is 2. The van der Waals surface area contributed by atoms with E-state index in [4.69, 9.17) is 5.73 Å². The second kappa shape index (κ2) is 5.68. The standard InChI is InChI=1S/C12H21N4O3P/c1-3-8(17)9(10(13)18)15-7-4-12(14-5-7)6-16(20-2)11(12)19/h3,7,9,14-15,17,20H,4-6H2,1-2H3,(H2,13,18)/t7?,9-,12?/m0/s1. The summed E-state index contributed by atoms with van der Waals surface area (Å²) in [6, 6.07) is -0.970. The Labute approximate surface area is 119 Å². The van der Waals surface area contributed by atoms with Gasteiger partial charge in [-0.3, -0.25) is 14.9 Å². The van der Waals surface area contributed by atoms with E-state index in [1.165, 1.54) is 6.08 Å². The second-order valence-corrected chi connectivity index (χ2v) is 6.18. The molecule has 2 aliphatic rings. The fourth-order valence-corrected chi connectivity index (χ4v) is 3.60. The lowest BCUT2D eigenvalue weighted by atomic mass is 9.88. The van der Waals surface area contributed by atoms with Gasteiger partial charge < -0.3 is 20.8 Å². The molecule has 0 aliphatic carbocycles. The molecular weight excluding hydrogens is 279 g/mol. The lowest BCUT2D eigenvalue weighted by Gasteiger charge is -2.46. The number of hydrogen-bond acceptors (Lipinski definition) is 5. The van der Waals surface area contributed by atoms with Crippen LogP contribution in [-0.4, -0.2) is 59.0 Å². The first kappa shape index (κ1) is 15.2. The molecule has 20 heavy (non-hydrogen) atoms. The third-order valence-corrected chi connectivity index (χ3v) is 4.81. The zero-order valence-corrected chi connectivity index (χ0v) is 12.6. The third-order valence-electron chi connectivity index (χ3n) is 3.91. The highest BCUT2D eigenvalue weighted by Gasteiger charge is 2.55. The quantitative estimate of drug-likeness (QED) is 0.298. The average molecular weight is 300 g/mol. The van der Waals surface area contributed by atoms with E-state index in [-0.39, 0.29) is 17.7 Å². The van der Waals surface area contributed by atoms with Crippen molar-refractivity contribution in [3.8, 4) is 0 Å². The largest absolute Gasteiger partial charge is 0.510 e. The van der Waals surface area contributed by atoms with Gasteiger partial charge in [0.2, 0.25) is 11.8 Å². The molecule has 2 heterocycles. The topological polar surface area (TPSA) is 108 Å². The van der Waals surface area contributed by atoms with Gasteiger partial charge in [0, 0.05) is 12.6 Å². The minimum Gasteiger partial charge on any atom is -0.510 e. The molecule has 0 radical (unpaired) electrons. The number of amides is 2. The Balaban J connectivity index is 1.97. The lowest BCUT2D eigenvalue weighted by molar-refractivity contribution is -0.143. The van der Waals surface area contributed by atoms with Crippen LogP contribution in [0.15, 0.2) is 11.8 Å². The van der Waals surface area contributed by atoms with Crippen molar-refractivity contribution in [3.63, 3.8) is 0 Å². The Morgan fingerprint density at radius 3 is 2.95 bits per heavy atom. The van der Waals surface area contributed by atoms with Gasteiger partial charge in [0.1, 0.15) is 17.3 Å². The molecule has 2 amide bonds. The number of nitrogens with zero attached hydrogens (tertiary/aromatic N) is 1. The highest BCUT2D eigenvalue weighted by atomic mass is 31.1. The molecule has 5 N–H and O–H groups in total. The van der Waals surface area contributed by atoms with Crippen LogP contribution >= 0.6 is 8.73 Å². The van der Waals surface area contributed by atoms with Crippen molar-refractivity contribution in [2.45, 2.75) is 31.0 Å². The first-order chi connectivity index (χ1) is 9.43. The molecule has 2 fully saturated rings. The summed E-state index contributed by atoms with van der Waals surface area (Å²) in [6.45, 7) is 4.89. The van der Waals surface area contributed by atoms with Gasteiger partial charge in [-0.25, -0.2) is 0 Å². The molecule has 2 rings (SSSR count). The summed E-state index contributed by atoms with van der Waals surface area (Å²) in [4.78, 5) is 23.4. The summed E-state index contributed by atoms with van der Waals surface area (Å²) in [5.74, 6) is -0.596. The van der Waals surface area contributed by atoms with Crippen molar-refractivity contribution in [2.75, 3.05) is 19.8 Å². The fourth-order valence-electron chi connectivity index (χ4n) is 2.76. The summed E-state index contributed by atoms with van der Waals surface area (Å²) in [5, 5.41) is 15.9. The molecule has 0 bridgehead atoms. The van der Waals surface area contributed by atoms with E-state index in [9.17, 15) is 14.7 Å². The van der Waals surface area contributed by atoms with Crippen molar-refractivity contribution in [3.05, 3.63) is 11.8 Å². The molecule has 0 aromatic carbocycles. The van der Waals surface area contributed by atoms with Gasteiger partial charge in [0.15, 0.2) is 0 Å². The maximum absolute atomic E-state index is 12.1. The van der Waals surface area contributed by atoms with Crippen molar-refractivity contribution in [2.24, 2.45) is 5.73 Å². The second-order valence-electron chi connectivity index (χ2n) is 5.19. The summed E-state index contributed by atoms with van der Waals surface area (Å²) in [7, 11) is 0.480. The predicted molar refractivity (Wildman–Crippen MR) is 77.6 cm³/mol. The number of nitrogens with two attached hydrogens (primary N) is 1. The minimum atomic E-state index is -0.902. The molecule has 2 saturated heterocycles. The Bertz CT molecular complexity index is 456. The molecule has 8 heteroatoms. The lowest BCUT2D eigenvalue weighted by Crippen LogP contribution is -2.68. The van der Waals surface area contributed by atoms with Gasteiger partial charge >= 0.3 is 0 Å². The Morgan fingerprint density at radius 1 is 1.75 bits per heavy atom. The number of nitrogens with one attached hydrogen (secondary N) is 2. The maximum atomic E-state index is 12.1. The SMILES string of the molecule is CC=C(O)[C@H](NC1CNC2(C1)CN(PC)C2=O)C(N)=O. The molecule has 1 spiro atoms. The average Bonchev–Trinajstić information content (AvgIpc) is 2.86. The number of primary amides is 1. The van der Waals surface area contributed by atoms with Gasteiger partial charge in [-0.05, 0) is 34.8 Å². The molecule has 112 valence electrons. The van der Waals surface area contributed by atoms with Crippen LogP contribution in [0.25, 0.3) is 0 Å². The van der Waals surface area contributed by atoms with Crippen molar-refractivity contribution >= 4 is 20.5 Å². The Hall–Kier alpha value is -1.17. The molecule has 3 unspecified atom stereocenters. The summed E-state index contributed by atoms with van der Waals surface area (Å²) in [5.41, 5.74) is 4.79. The van der Waals surface area contributed by atoms with Gasteiger partial charge in [0.05, 0.1) is 6.54 Å². The summed E-state index contributed by atoms with van der Waals surface area (Å²) in [6.07, 6.45) is 2.04. The van der Waals surface area contributed by atoms with Crippen LogP contribution in [0.3, 0.4) is 0 Å². The zero-order chi connectivity index (χ0) is 14.9. The van der Waals surface area contributed by atoms with Gasteiger partial charge in [-0.1, -0.05) is 0 Å². The summed E-state index contributed by atoms with van der Waals surface area (Å²) >= 11 is 0. The van der Waals surface area contributed by atoms with E-state index in [0.717, 1.165) is 0 Å². The molecule has 0 saturated carbocycles. The molecule has 4 atom stereocenters. The maximum Gasteiger partial charge on any atom is 0.247 e. The van der Waals surface area contributed by atoms with Gasteiger partial charge in [-0.2, -0.15) is 0 Å². The fraction of sp³-hybridized carbons (Fsp3) is 0.667. The zero-order valence-electron chi connectivity index (χ0n) is 11.6. The van der Waals surface area contributed by atoms with Crippen molar-refractivity contribution in [1.82, 2.24) is 15.3 Å². The van der Waals surface area contributed by atoms with Crippen molar-refractivity contribution < 1.29 is 14.7 Å². The molecule has 0 aromatic heterocycles. The van der Waals surface area contributed by atoms with E-state index >= 15 is 0 Å². The van der Waals surface area contributed by atoms with Crippen LogP contribution in [-0.2, 0) is 9.59 Å². The predicted octanol–water partition coefficient (Wildman–Crippen LogP) is -0.942. The van der Waals surface area contributed by atoms with E-state index < -0.39 is 17.5 Å². The van der Waals surface area contributed by atoms with Crippen LogP contribution in [0.5, 0.6) is 0 Å². The number of aliphatic hydroxyl groups is 1. The number of carbonyl (C=O) groups is 2. The molecular formula is C12H21N4O3P. The smallest absolute Gasteiger partial charge is 0.247 e. The highest BCUT2D eigenvalue weighted by molar-refractivity contribution is 7.35. The number of rotatable bonds is 5. The van der Waals surface area contributed by atoms with Crippen LogP contribution < -0.4 is 16.4 Å². The van der Waals surface area contributed by atoms with Gasteiger partial charge in [-0.15, -0.1) is 0 Å². The Morgan fingerprint density at radius 2 is 2.45 bits per heavy atom. The van der Waals surface area contributed by atoms with Crippen LogP contribution in [0, 0.1) is 0 Å². The minimum absolute atomic E-state index is 0.0686. The molecule has 2 aliphatic heterocycles. The normalized spacial score (nSPS) is 32.1. The van der Waals surface area contributed by atoms with E-state index in [2.05, 4.69) is 10.6 Å². The molecule has 7 nitrogen and oxygen atoms in total. The van der Waals surface area contributed by atoms with E-state index in [0.29, 0.717) is 28.2 Å². The van der Waals surface area contributed by atoms with E-state index in [1.807, 2.05) is 11.3 Å². The number of β-lactam (4-membered cyclic amide) rings is 1. The third kappa shape index (κ3) is 2.53. The number of allylic oxidation sites excluding steroid dienone is 1. The van der Waals surface area contributed by atoms with Crippen molar-refractivity contribution in [1.29, 1.82) is 0 Å². The Kier molecular flexibility index (Phi) is 4.32. The first-order valence-electron chi connectivity index (χ1n) is 6.58. The van der Waals surface area contributed by atoms with E-state index in [1.54, 1.807) is 6.92 Å². The number of aliphatic hydroxyl groups excluding tert-OH is 1. The molecule has 0 aromatic rings. The van der Waals surface area contributed by atoms with Crippen LogP contribution in [0.2, 0.25) is 0 Å². The summed E-state index contributed by atoms with van der Waals surface area (Å²) < 4.78 is 1.81. The van der Waals surface area contributed by atoms with Gasteiger partial charge in [0.25, 0.3) is 0 Å².